The van der Waals surface area contributed by atoms with E-state index < -0.39 is 0 Å². The van der Waals surface area contributed by atoms with Gasteiger partial charge in [-0.15, -0.1) is 6.42 Å². The van der Waals surface area contributed by atoms with Crippen LogP contribution < -0.4 is 5.32 Å². The zero-order valence-electron chi connectivity index (χ0n) is 10.1. The second kappa shape index (κ2) is 5.71. The maximum absolute atomic E-state index is 5.46. The molecule has 1 fully saturated rings. The summed E-state index contributed by atoms with van der Waals surface area (Å²) < 4.78 is 1.17. The lowest BCUT2D eigenvalue weighted by Crippen LogP contribution is -2.44. The van der Waals surface area contributed by atoms with Gasteiger partial charge in [0.05, 0.1) is 6.04 Å². The highest BCUT2D eigenvalue weighted by atomic mass is 79.9. The van der Waals surface area contributed by atoms with Crippen LogP contribution in [0.5, 0.6) is 0 Å². The van der Waals surface area contributed by atoms with E-state index in [4.69, 9.17) is 6.42 Å². The smallest absolute Gasteiger partial charge is 0.0686 e. The fraction of sp³-hybridized carbons (Fsp3) is 0.467. The van der Waals surface area contributed by atoms with Gasteiger partial charge in [0.15, 0.2) is 0 Å². The van der Waals surface area contributed by atoms with Crippen molar-refractivity contribution >= 4 is 15.9 Å². The molecule has 1 aromatic rings. The summed E-state index contributed by atoms with van der Waals surface area (Å²) in [5.74, 6) is 3.49. The van der Waals surface area contributed by atoms with E-state index in [1.54, 1.807) is 0 Å². The molecule has 1 nitrogen and oxygen atoms in total. The van der Waals surface area contributed by atoms with Crippen molar-refractivity contribution in [2.45, 2.75) is 44.2 Å². The summed E-state index contributed by atoms with van der Waals surface area (Å²) in [7, 11) is 0. The van der Waals surface area contributed by atoms with Crippen molar-refractivity contribution in [1.29, 1.82) is 0 Å². The number of benzene rings is 1. The van der Waals surface area contributed by atoms with Crippen molar-refractivity contribution in [2.24, 2.45) is 0 Å². The summed E-state index contributed by atoms with van der Waals surface area (Å²) in [4.78, 5) is 0. The highest BCUT2D eigenvalue weighted by Gasteiger charge is 2.30. The summed E-state index contributed by atoms with van der Waals surface area (Å²) in [5.41, 5.74) is 1.44. The number of halogens is 1. The highest BCUT2D eigenvalue weighted by molar-refractivity contribution is 9.10. The first-order valence-electron chi connectivity index (χ1n) is 6.20. The highest BCUT2D eigenvalue weighted by Crippen LogP contribution is 2.37. The van der Waals surface area contributed by atoms with Crippen LogP contribution in [0.1, 0.15) is 37.7 Å². The van der Waals surface area contributed by atoms with Crippen LogP contribution >= 0.6 is 15.9 Å². The first kappa shape index (κ1) is 12.7. The van der Waals surface area contributed by atoms with E-state index in [1.165, 1.54) is 22.9 Å². The zero-order valence-corrected chi connectivity index (χ0v) is 11.7. The lowest BCUT2D eigenvalue weighted by molar-refractivity contribution is 0.278. The molecule has 0 aliphatic heterocycles. The van der Waals surface area contributed by atoms with Gasteiger partial charge >= 0.3 is 0 Å². The van der Waals surface area contributed by atoms with Gasteiger partial charge in [-0.2, -0.15) is 0 Å². The normalized spacial score (nSPS) is 24.8. The van der Waals surface area contributed by atoms with E-state index in [0.29, 0.717) is 12.0 Å². The van der Waals surface area contributed by atoms with Crippen molar-refractivity contribution < 1.29 is 0 Å². The summed E-state index contributed by atoms with van der Waals surface area (Å²) in [6.07, 6.45) is 8.87. The fourth-order valence-electron chi connectivity index (χ4n) is 2.35. The molecular weight excluding hydrogens is 274 g/mol. The van der Waals surface area contributed by atoms with Crippen LogP contribution in [0.25, 0.3) is 0 Å². The number of hydrogen-bond acceptors (Lipinski definition) is 1. The van der Waals surface area contributed by atoms with Crippen LogP contribution in [-0.2, 0) is 0 Å². The molecule has 0 saturated heterocycles. The maximum Gasteiger partial charge on any atom is 0.0686 e. The second-order valence-electron chi connectivity index (χ2n) is 4.71. The molecule has 0 amide bonds. The third-order valence-corrected chi connectivity index (χ3v) is 4.00. The first-order chi connectivity index (χ1) is 8.22. The lowest BCUT2D eigenvalue weighted by Gasteiger charge is -2.37. The Morgan fingerprint density at radius 1 is 1.53 bits per heavy atom. The minimum atomic E-state index is 0.239. The van der Waals surface area contributed by atoms with Crippen LogP contribution in [0.2, 0.25) is 0 Å². The van der Waals surface area contributed by atoms with E-state index in [1.807, 2.05) is 0 Å². The van der Waals surface area contributed by atoms with Gasteiger partial charge in [0.25, 0.3) is 0 Å². The molecule has 90 valence electrons. The Hall–Kier alpha value is -0.780. The molecule has 1 aliphatic rings. The van der Waals surface area contributed by atoms with Crippen molar-refractivity contribution in [1.82, 2.24) is 5.32 Å². The quantitative estimate of drug-likeness (QED) is 0.834. The average molecular weight is 292 g/mol. The third kappa shape index (κ3) is 3.12. The molecule has 1 aromatic carbocycles. The fourth-order valence-corrected chi connectivity index (χ4v) is 2.77. The Morgan fingerprint density at radius 2 is 2.29 bits per heavy atom. The Kier molecular flexibility index (Phi) is 4.25. The summed E-state index contributed by atoms with van der Waals surface area (Å²) >= 11 is 3.52. The third-order valence-electron chi connectivity index (χ3n) is 3.50. The maximum atomic E-state index is 5.46. The monoisotopic (exact) mass is 291 g/mol. The lowest BCUT2D eigenvalue weighted by atomic mass is 9.75. The molecule has 0 radical (unpaired) electrons. The van der Waals surface area contributed by atoms with E-state index in [9.17, 15) is 0 Å². The number of rotatable bonds is 4. The van der Waals surface area contributed by atoms with Gasteiger partial charge in [-0.25, -0.2) is 0 Å². The molecule has 0 bridgehead atoms. The Bertz CT molecular complexity index is 415. The largest absolute Gasteiger partial charge is 0.301 e. The van der Waals surface area contributed by atoms with Crippen molar-refractivity contribution in [3.8, 4) is 12.3 Å². The van der Waals surface area contributed by atoms with E-state index in [0.717, 1.165) is 6.42 Å². The Labute approximate surface area is 112 Å². The molecule has 1 saturated carbocycles. The van der Waals surface area contributed by atoms with E-state index >= 15 is 0 Å². The molecule has 2 rings (SSSR count). The van der Waals surface area contributed by atoms with Gasteiger partial charge in [-0.1, -0.05) is 40.9 Å². The SMILES string of the molecule is C#CC(CC)NC1CC(c2cccc(Br)c2)C1. The number of terminal acetylenes is 1. The second-order valence-corrected chi connectivity index (χ2v) is 5.63. The molecular formula is C15H18BrN. The standard InChI is InChI=1S/C15H18BrN/c1-3-14(4-2)17-15-9-12(10-15)11-6-5-7-13(16)8-11/h1,5-8,12,14-15,17H,4,9-10H2,2H3. The van der Waals surface area contributed by atoms with Crippen molar-refractivity contribution in [3.63, 3.8) is 0 Å². The van der Waals surface area contributed by atoms with Crippen LogP contribution in [0.15, 0.2) is 28.7 Å². The molecule has 2 heteroatoms. The topological polar surface area (TPSA) is 12.0 Å². The molecule has 0 heterocycles. The van der Waals surface area contributed by atoms with Gasteiger partial charge in [0, 0.05) is 10.5 Å². The van der Waals surface area contributed by atoms with Crippen LogP contribution in [-0.4, -0.2) is 12.1 Å². The predicted molar refractivity (Wildman–Crippen MR) is 76.0 cm³/mol. The van der Waals surface area contributed by atoms with Crippen LogP contribution in [0, 0.1) is 12.3 Å². The Balaban J connectivity index is 1.85. The van der Waals surface area contributed by atoms with E-state index in [2.05, 4.69) is 58.4 Å². The molecule has 0 spiro atoms. The summed E-state index contributed by atoms with van der Waals surface area (Å²) in [5, 5.41) is 3.52. The van der Waals surface area contributed by atoms with Gasteiger partial charge in [0.1, 0.15) is 0 Å². The zero-order chi connectivity index (χ0) is 12.3. The minimum absolute atomic E-state index is 0.239. The first-order valence-corrected chi connectivity index (χ1v) is 7.00. The van der Waals surface area contributed by atoms with Gasteiger partial charge < -0.3 is 5.32 Å². The predicted octanol–water partition coefficient (Wildman–Crippen LogP) is 3.70. The molecule has 1 atom stereocenters. The molecule has 1 aliphatic carbocycles. The summed E-state index contributed by atoms with van der Waals surface area (Å²) in [6, 6.07) is 9.45. The Morgan fingerprint density at radius 3 is 2.88 bits per heavy atom. The minimum Gasteiger partial charge on any atom is -0.301 e. The van der Waals surface area contributed by atoms with Gasteiger partial charge in [-0.3, -0.25) is 0 Å². The van der Waals surface area contributed by atoms with E-state index in [-0.39, 0.29) is 6.04 Å². The molecule has 0 aromatic heterocycles. The number of hydrogen-bond donors (Lipinski definition) is 1. The molecule has 1 unspecified atom stereocenters. The van der Waals surface area contributed by atoms with Crippen molar-refractivity contribution in [3.05, 3.63) is 34.3 Å². The average Bonchev–Trinajstić information content (AvgIpc) is 2.28. The number of nitrogens with one attached hydrogen (secondary N) is 1. The van der Waals surface area contributed by atoms with Crippen LogP contribution in [0.3, 0.4) is 0 Å². The van der Waals surface area contributed by atoms with Crippen LogP contribution in [0.4, 0.5) is 0 Å². The summed E-state index contributed by atoms with van der Waals surface area (Å²) in [6.45, 7) is 2.13. The van der Waals surface area contributed by atoms with Crippen molar-refractivity contribution in [2.75, 3.05) is 0 Å². The van der Waals surface area contributed by atoms with Gasteiger partial charge in [0.2, 0.25) is 0 Å². The molecule has 1 N–H and O–H groups in total. The molecule has 17 heavy (non-hydrogen) atoms. The van der Waals surface area contributed by atoms with Gasteiger partial charge in [-0.05, 0) is 42.9 Å².